The highest BCUT2D eigenvalue weighted by molar-refractivity contribution is 6.05. The van der Waals surface area contributed by atoms with Crippen LogP contribution in [-0.4, -0.2) is 64.9 Å². The van der Waals surface area contributed by atoms with Crippen LogP contribution in [0, 0.1) is 0 Å². The summed E-state index contributed by atoms with van der Waals surface area (Å²) in [5.41, 5.74) is 9.92. The second kappa shape index (κ2) is 67.0. The largest absolute Gasteiger partial charge is 0.506 e. The van der Waals surface area contributed by atoms with Crippen molar-refractivity contribution in [3.8, 4) is 51.3 Å². The third-order valence-corrected chi connectivity index (χ3v) is 15.5. The number of phenols is 1. The molecule has 12 heterocycles. The molecule has 0 fully saturated rings. The fraction of sp³-hybridized carbons (Fsp3) is 0.185. The fourth-order valence-corrected chi connectivity index (χ4v) is 10.5. The number of fused-ring (bicyclic) bond motifs is 8. The zero-order valence-corrected chi connectivity index (χ0v) is 74.8. The zero-order valence-electron chi connectivity index (χ0n) is 74.8. The molecule has 0 saturated heterocycles. The molecule has 0 radical (unpaired) electrons. The van der Waals surface area contributed by atoms with Gasteiger partial charge in [-0.1, -0.05) is 333 Å². The Bertz CT molecular complexity index is 5260. The summed E-state index contributed by atoms with van der Waals surface area (Å²) in [6.45, 7) is 40.0. The summed E-state index contributed by atoms with van der Waals surface area (Å²) in [4.78, 5) is 51.0. The molecule has 19 aromatic rings. The number of hydrogen-bond donors (Lipinski definition) is 1. The lowest BCUT2D eigenvalue weighted by molar-refractivity contribution is 0.480. The van der Waals surface area contributed by atoms with Gasteiger partial charge >= 0.3 is 0 Å². The Balaban J connectivity index is 0.000000461. The van der Waals surface area contributed by atoms with Crippen molar-refractivity contribution in [2.45, 2.75) is 138 Å². The first-order valence-electron chi connectivity index (χ1n) is 42.6. The van der Waals surface area contributed by atoms with Crippen molar-refractivity contribution >= 4 is 75.8 Å². The Labute approximate surface area is 722 Å². The molecule has 0 aliphatic heterocycles. The minimum atomic E-state index is 0.239. The van der Waals surface area contributed by atoms with Crippen molar-refractivity contribution in [2.24, 2.45) is 0 Å². The average Bonchev–Trinajstić information content (AvgIpc) is 0.801. The summed E-state index contributed by atoms with van der Waals surface area (Å²) in [5.74, 6) is 0.239. The third kappa shape index (κ3) is 36.2. The standard InChI is InChI=1S/C18H12N2.C15H11N3.C13H9N.C10H8N2.C9H7NO.2C9H7N.C5H5N.10C2H6/c1-3-7-15-11-19-17(9-13(15)5-1)18-10-14-6-2-4-8-16(14)12-20-18;1-3-10-16-12(6-1)14-8-5-9-15(18-14)13-7-2-4-11-17-13;1-2-6-12-10(4-1)7-8-11-5-3-9-14-13(11)12;1-3-7-11-9(5-1)10-6-2-4-8-12-10;11-8-5-1-3-7-4-2-6-10-9(7)8;1-2-6-9-8(4-1)5-3-7-10-9;1-2-4-9-7-10-6-5-8(9)3-1;1-2-4-6-5-3-1;10*1-2/h1-12H;1-11H;1-9H;1-8H;1-6,11H;2*1-7H;1-5H;10*1-2H3. The third-order valence-electron chi connectivity index (χ3n) is 15.5. The second-order valence-corrected chi connectivity index (χ2v) is 22.3. The van der Waals surface area contributed by atoms with Gasteiger partial charge in [-0.05, 0) is 148 Å². The Morgan fingerprint density at radius 2 is 0.496 bits per heavy atom. The molecule has 19 rings (SSSR count). The summed E-state index contributed by atoms with van der Waals surface area (Å²) >= 11 is 0. The van der Waals surface area contributed by atoms with E-state index in [-0.39, 0.29) is 5.75 Å². The average molecular weight is 1610 g/mol. The van der Waals surface area contributed by atoms with E-state index >= 15 is 0 Å². The van der Waals surface area contributed by atoms with Gasteiger partial charge in [0.1, 0.15) is 11.3 Å². The first-order chi connectivity index (χ1) is 60.1. The molecule has 624 valence electrons. The van der Waals surface area contributed by atoms with Crippen LogP contribution in [0.25, 0.3) is 121 Å². The van der Waals surface area contributed by atoms with Crippen LogP contribution in [0.4, 0.5) is 0 Å². The lowest BCUT2D eigenvalue weighted by Gasteiger charge is -2.04. The minimum absolute atomic E-state index is 0.239. The van der Waals surface area contributed by atoms with E-state index in [2.05, 4.69) is 163 Å². The van der Waals surface area contributed by atoms with Crippen molar-refractivity contribution in [3.05, 3.63) is 396 Å². The molecule has 0 aliphatic rings. The van der Waals surface area contributed by atoms with E-state index in [1.807, 2.05) is 376 Å². The summed E-state index contributed by atoms with van der Waals surface area (Å²) in [5, 5.41) is 22.3. The molecule has 0 aliphatic carbocycles. The van der Waals surface area contributed by atoms with Crippen molar-refractivity contribution in [1.82, 2.24) is 59.8 Å². The smallest absolute Gasteiger partial charge is 0.141 e. The van der Waals surface area contributed by atoms with Gasteiger partial charge in [-0.25, -0.2) is 4.98 Å². The highest BCUT2D eigenvalue weighted by Gasteiger charge is 2.07. The monoisotopic (exact) mass is 1610 g/mol. The van der Waals surface area contributed by atoms with Crippen LogP contribution >= 0.6 is 0 Å². The summed E-state index contributed by atoms with van der Waals surface area (Å²) in [7, 11) is 0. The Kier molecular flexibility index (Phi) is 57.1. The number of aromatic nitrogens is 12. The highest BCUT2D eigenvalue weighted by atomic mass is 16.3. The molecule has 0 spiro atoms. The Morgan fingerprint density at radius 3 is 0.917 bits per heavy atom. The van der Waals surface area contributed by atoms with Gasteiger partial charge in [0.15, 0.2) is 0 Å². The van der Waals surface area contributed by atoms with Crippen LogP contribution in [0.3, 0.4) is 0 Å². The molecule has 0 bridgehead atoms. The summed E-state index contributed by atoms with van der Waals surface area (Å²) in [6, 6.07) is 103. The molecular formula is C108H126N12O. The number of para-hydroxylation sites is 2. The maximum Gasteiger partial charge on any atom is 0.141 e. The van der Waals surface area contributed by atoms with E-state index < -0.39 is 0 Å². The first-order valence-corrected chi connectivity index (χ1v) is 42.6. The predicted molar refractivity (Wildman–Crippen MR) is 525 cm³/mol. The predicted octanol–water partition coefficient (Wildman–Crippen LogP) is 30.9. The number of hydrogen-bond acceptors (Lipinski definition) is 13. The lowest BCUT2D eigenvalue weighted by atomic mass is 10.1. The van der Waals surface area contributed by atoms with Crippen molar-refractivity contribution < 1.29 is 5.11 Å². The second-order valence-electron chi connectivity index (χ2n) is 22.3. The van der Waals surface area contributed by atoms with Gasteiger partial charge in [0.25, 0.3) is 0 Å². The van der Waals surface area contributed by atoms with Crippen LogP contribution in [0.1, 0.15) is 138 Å². The Morgan fingerprint density at radius 1 is 0.174 bits per heavy atom. The molecule has 0 amide bonds. The number of aromatic hydroxyl groups is 1. The van der Waals surface area contributed by atoms with Crippen molar-refractivity contribution in [3.63, 3.8) is 0 Å². The zero-order chi connectivity index (χ0) is 88.7. The van der Waals surface area contributed by atoms with E-state index in [1.54, 1.807) is 55.5 Å². The molecule has 13 nitrogen and oxygen atoms in total. The topological polar surface area (TPSA) is 175 Å². The lowest BCUT2D eigenvalue weighted by Crippen LogP contribution is -1.90. The summed E-state index contributed by atoms with van der Waals surface area (Å²) < 4.78 is 0. The SMILES string of the molecule is CC.CC.CC.CC.CC.CC.CC.CC.CC.CC.Oc1cccc2cccnc12.c1ccc(-c2cccc(-c3ccccn3)n2)nc1.c1ccc(-c2ccccn2)nc1.c1ccc2c(c1)ccc1cccnc12.c1ccc2cc(-c3cc4ccccc4cn3)ncc2c1.c1ccc2cnccc2c1.c1ccc2ncccc2c1.c1ccncc1. The molecule has 12 aromatic heterocycles. The molecule has 0 saturated carbocycles. The molecular weight excluding hydrogens is 1480 g/mol. The molecule has 0 unspecified atom stereocenters. The van der Waals surface area contributed by atoms with E-state index in [4.69, 9.17) is 0 Å². The number of pyridine rings is 12. The Hall–Kier alpha value is -14.0. The molecule has 13 heteroatoms. The van der Waals surface area contributed by atoms with E-state index in [0.29, 0.717) is 5.52 Å². The van der Waals surface area contributed by atoms with E-state index in [0.717, 1.165) is 72.7 Å². The van der Waals surface area contributed by atoms with Crippen LogP contribution in [0.2, 0.25) is 0 Å². The normalized spacial score (nSPS) is 9.02. The molecule has 1 N–H and O–H groups in total. The maximum absolute atomic E-state index is 9.31. The van der Waals surface area contributed by atoms with Gasteiger partial charge in [-0.3, -0.25) is 54.8 Å². The van der Waals surface area contributed by atoms with Crippen LogP contribution in [0.5, 0.6) is 5.75 Å². The fourth-order valence-electron chi connectivity index (χ4n) is 10.5. The number of phenolic OH excluding ortho intramolecular Hbond substituents is 1. The van der Waals surface area contributed by atoms with Crippen LogP contribution < -0.4 is 0 Å². The highest BCUT2D eigenvalue weighted by Crippen LogP contribution is 2.26. The van der Waals surface area contributed by atoms with Gasteiger partial charge in [0.05, 0.1) is 56.6 Å². The number of nitrogens with zero attached hydrogens (tertiary/aromatic N) is 12. The molecule has 121 heavy (non-hydrogen) atoms. The number of rotatable bonds is 4. The van der Waals surface area contributed by atoms with Gasteiger partial charge in [0.2, 0.25) is 0 Å². The van der Waals surface area contributed by atoms with Crippen LogP contribution in [-0.2, 0) is 0 Å². The van der Waals surface area contributed by atoms with Gasteiger partial charge < -0.3 is 5.11 Å². The van der Waals surface area contributed by atoms with Gasteiger partial charge in [0, 0.05) is 113 Å². The van der Waals surface area contributed by atoms with Crippen LogP contribution in [0.15, 0.2) is 396 Å². The van der Waals surface area contributed by atoms with Crippen molar-refractivity contribution in [1.29, 1.82) is 0 Å². The first kappa shape index (κ1) is 103. The summed E-state index contributed by atoms with van der Waals surface area (Å²) in [6.07, 6.45) is 23.4. The van der Waals surface area contributed by atoms with Gasteiger partial charge in [-0.15, -0.1) is 0 Å². The minimum Gasteiger partial charge on any atom is -0.506 e. The van der Waals surface area contributed by atoms with Gasteiger partial charge in [-0.2, -0.15) is 0 Å². The quantitative estimate of drug-likeness (QED) is 0.165. The number of benzene rings is 7. The molecule has 0 atom stereocenters. The van der Waals surface area contributed by atoms with E-state index in [1.165, 1.54) is 43.1 Å². The maximum atomic E-state index is 9.31. The van der Waals surface area contributed by atoms with Crippen molar-refractivity contribution in [2.75, 3.05) is 0 Å². The molecule has 7 aromatic carbocycles. The van der Waals surface area contributed by atoms with E-state index in [9.17, 15) is 5.11 Å².